The minimum Gasteiger partial charge on any atom is -0.365 e. The van der Waals surface area contributed by atoms with E-state index in [2.05, 4.69) is 37.4 Å². The molecule has 2 heteroatoms. The molecule has 1 fully saturated rings. The second-order valence-electron chi connectivity index (χ2n) is 5.99. The number of aliphatic imine (C=N–C) groups is 1. The van der Waals surface area contributed by atoms with Crippen LogP contribution >= 0.6 is 0 Å². The summed E-state index contributed by atoms with van der Waals surface area (Å²) in [5, 5.41) is 3.56. The first kappa shape index (κ1) is 11.1. The van der Waals surface area contributed by atoms with Gasteiger partial charge in [-0.3, -0.25) is 4.99 Å². The average Bonchev–Trinajstić information content (AvgIpc) is 2.64. The fourth-order valence-electron chi connectivity index (χ4n) is 3.25. The minimum absolute atomic E-state index is 0.356. The molecule has 0 saturated heterocycles. The fourth-order valence-corrected chi connectivity index (χ4v) is 3.25. The number of hydrogen-bond donors (Lipinski definition) is 1. The molecule has 1 saturated carbocycles. The fraction of sp³-hybridized carbons (Fsp3) is 0.667. The van der Waals surface area contributed by atoms with Crippen LogP contribution in [0, 0.1) is 11.8 Å². The number of amidine groups is 1. The van der Waals surface area contributed by atoms with Crippen LogP contribution in [0.15, 0.2) is 28.8 Å². The summed E-state index contributed by atoms with van der Waals surface area (Å²) < 4.78 is 0. The van der Waals surface area contributed by atoms with Crippen molar-refractivity contribution in [2.75, 3.05) is 0 Å². The van der Waals surface area contributed by atoms with Gasteiger partial charge >= 0.3 is 0 Å². The van der Waals surface area contributed by atoms with Crippen molar-refractivity contribution in [2.45, 2.75) is 51.6 Å². The van der Waals surface area contributed by atoms with Crippen molar-refractivity contribution in [2.24, 2.45) is 16.8 Å². The zero-order chi connectivity index (χ0) is 11.8. The van der Waals surface area contributed by atoms with E-state index in [1.54, 1.807) is 0 Å². The highest BCUT2D eigenvalue weighted by Gasteiger charge is 2.29. The van der Waals surface area contributed by atoms with Gasteiger partial charge in [-0.1, -0.05) is 30.7 Å². The molecule has 2 unspecified atom stereocenters. The largest absolute Gasteiger partial charge is 0.365 e. The lowest BCUT2D eigenvalue weighted by atomic mass is 9.74. The Morgan fingerprint density at radius 3 is 3.00 bits per heavy atom. The van der Waals surface area contributed by atoms with Gasteiger partial charge in [0.15, 0.2) is 0 Å². The monoisotopic (exact) mass is 230 g/mol. The second-order valence-corrected chi connectivity index (χ2v) is 5.99. The maximum absolute atomic E-state index is 4.77. The van der Waals surface area contributed by atoms with Gasteiger partial charge in [-0.25, -0.2) is 0 Å². The average molecular weight is 230 g/mol. The van der Waals surface area contributed by atoms with Crippen molar-refractivity contribution in [1.29, 1.82) is 0 Å². The Morgan fingerprint density at radius 1 is 1.41 bits per heavy atom. The highest BCUT2D eigenvalue weighted by molar-refractivity contribution is 5.85. The summed E-state index contributed by atoms with van der Waals surface area (Å²) in [4.78, 5) is 4.77. The van der Waals surface area contributed by atoms with Crippen LogP contribution in [0.3, 0.4) is 0 Å². The Balaban J connectivity index is 1.51. The highest BCUT2D eigenvalue weighted by Crippen LogP contribution is 2.36. The number of hydrogen-bond acceptors (Lipinski definition) is 2. The maximum Gasteiger partial charge on any atom is 0.0977 e. The smallest absolute Gasteiger partial charge is 0.0977 e. The van der Waals surface area contributed by atoms with Gasteiger partial charge in [0, 0.05) is 6.42 Å². The molecule has 2 aliphatic carbocycles. The number of rotatable bonds is 3. The number of allylic oxidation sites excluding steroid dienone is 2. The first-order valence-electron chi connectivity index (χ1n) is 6.90. The van der Waals surface area contributed by atoms with Crippen molar-refractivity contribution in [3.63, 3.8) is 0 Å². The molecular weight excluding hydrogens is 208 g/mol. The van der Waals surface area contributed by atoms with Gasteiger partial charge in [0.2, 0.25) is 0 Å². The molecule has 0 aromatic rings. The van der Waals surface area contributed by atoms with Gasteiger partial charge in [-0.15, -0.1) is 0 Å². The zero-order valence-corrected chi connectivity index (χ0v) is 10.8. The van der Waals surface area contributed by atoms with Crippen molar-refractivity contribution in [1.82, 2.24) is 5.32 Å². The van der Waals surface area contributed by atoms with Gasteiger partial charge in [-0.05, 0) is 38.0 Å². The summed E-state index contributed by atoms with van der Waals surface area (Å²) in [6.07, 6.45) is 12.0. The third-order valence-corrected chi connectivity index (χ3v) is 4.27. The molecule has 17 heavy (non-hydrogen) atoms. The van der Waals surface area contributed by atoms with E-state index in [1.165, 1.54) is 30.7 Å². The molecule has 2 atom stereocenters. The summed E-state index contributed by atoms with van der Waals surface area (Å²) in [6.45, 7) is 4.51. The predicted octanol–water partition coefficient (Wildman–Crippen LogP) is 3.07. The van der Waals surface area contributed by atoms with E-state index < -0.39 is 0 Å². The lowest BCUT2D eigenvalue weighted by Gasteiger charge is -2.32. The lowest BCUT2D eigenvalue weighted by molar-refractivity contribution is 0.202. The lowest BCUT2D eigenvalue weighted by Crippen LogP contribution is -2.34. The van der Waals surface area contributed by atoms with E-state index in [4.69, 9.17) is 4.99 Å². The van der Waals surface area contributed by atoms with E-state index in [1.807, 2.05) is 0 Å². The molecule has 92 valence electrons. The number of nitrogens with zero attached hydrogens (tertiary/aromatic N) is 1. The van der Waals surface area contributed by atoms with Crippen LogP contribution in [0.2, 0.25) is 0 Å². The molecule has 0 aromatic heterocycles. The summed E-state index contributed by atoms with van der Waals surface area (Å²) >= 11 is 0. The minimum atomic E-state index is 0.356. The SMILES string of the molecule is CC1=CC2NC(CCC3CC(C)C3)=NC2C=C1. The summed E-state index contributed by atoms with van der Waals surface area (Å²) in [7, 11) is 0. The van der Waals surface area contributed by atoms with Crippen LogP contribution in [0.25, 0.3) is 0 Å². The Bertz CT molecular complexity index is 386. The van der Waals surface area contributed by atoms with E-state index in [-0.39, 0.29) is 0 Å². The van der Waals surface area contributed by atoms with Crippen molar-refractivity contribution in [3.8, 4) is 0 Å². The molecule has 0 spiro atoms. The molecular formula is C15H22N2. The Labute approximate surface area is 104 Å². The third-order valence-electron chi connectivity index (χ3n) is 4.27. The zero-order valence-electron chi connectivity index (χ0n) is 10.8. The Morgan fingerprint density at radius 2 is 2.24 bits per heavy atom. The van der Waals surface area contributed by atoms with E-state index >= 15 is 0 Å². The van der Waals surface area contributed by atoms with Gasteiger partial charge in [0.1, 0.15) is 0 Å². The summed E-state index contributed by atoms with van der Waals surface area (Å²) in [6, 6.07) is 0.782. The van der Waals surface area contributed by atoms with Gasteiger partial charge < -0.3 is 5.32 Å². The first-order valence-corrected chi connectivity index (χ1v) is 6.90. The summed E-state index contributed by atoms with van der Waals surface area (Å²) in [5.74, 6) is 3.16. The van der Waals surface area contributed by atoms with Crippen LogP contribution in [0.1, 0.15) is 39.5 Å². The van der Waals surface area contributed by atoms with E-state index in [9.17, 15) is 0 Å². The number of fused-ring (bicyclic) bond motifs is 1. The van der Waals surface area contributed by atoms with Gasteiger partial charge in [0.05, 0.1) is 17.9 Å². The third kappa shape index (κ3) is 2.31. The topological polar surface area (TPSA) is 24.4 Å². The van der Waals surface area contributed by atoms with Crippen LogP contribution in [-0.4, -0.2) is 17.9 Å². The molecule has 0 radical (unpaired) electrons. The second kappa shape index (κ2) is 4.32. The molecule has 1 N–H and O–H groups in total. The number of nitrogens with one attached hydrogen (secondary N) is 1. The van der Waals surface area contributed by atoms with Crippen LogP contribution < -0.4 is 5.32 Å². The first-order chi connectivity index (χ1) is 8.20. The van der Waals surface area contributed by atoms with Crippen LogP contribution in [0.4, 0.5) is 0 Å². The van der Waals surface area contributed by atoms with Crippen molar-refractivity contribution >= 4 is 5.84 Å². The summed E-state index contributed by atoms with van der Waals surface area (Å²) in [5.41, 5.74) is 1.35. The molecule has 0 aromatic carbocycles. The van der Waals surface area contributed by atoms with Crippen LogP contribution in [0.5, 0.6) is 0 Å². The molecule has 3 aliphatic rings. The molecule has 0 amide bonds. The normalized spacial score (nSPS) is 38.9. The molecule has 2 nitrogen and oxygen atoms in total. The Kier molecular flexibility index (Phi) is 2.81. The van der Waals surface area contributed by atoms with Crippen molar-refractivity contribution in [3.05, 3.63) is 23.8 Å². The predicted molar refractivity (Wildman–Crippen MR) is 72.2 cm³/mol. The molecule has 1 aliphatic heterocycles. The maximum atomic E-state index is 4.77. The van der Waals surface area contributed by atoms with Gasteiger partial charge in [0.25, 0.3) is 0 Å². The highest BCUT2D eigenvalue weighted by atomic mass is 15.1. The van der Waals surface area contributed by atoms with E-state index in [0.29, 0.717) is 12.1 Å². The molecule has 0 bridgehead atoms. The van der Waals surface area contributed by atoms with Crippen molar-refractivity contribution < 1.29 is 0 Å². The van der Waals surface area contributed by atoms with Gasteiger partial charge in [-0.2, -0.15) is 0 Å². The quantitative estimate of drug-likeness (QED) is 0.791. The van der Waals surface area contributed by atoms with Crippen LogP contribution in [-0.2, 0) is 0 Å². The standard InChI is InChI=1S/C15H22N2/c1-10-3-5-13-14(9-10)17-15(16-13)6-4-12-7-11(2)8-12/h3,5,9,11-14H,4,6-8H2,1-2H3,(H,16,17). The molecule has 1 heterocycles. The Hall–Kier alpha value is -1.05. The molecule has 3 rings (SSSR count). The van der Waals surface area contributed by atoms with E-state index in [0.717, 1.165) is 18.3 Å².